The van der Waals surface area contributed by atoms with Crippen LogP contribution in [0, 0.1) is 0 Å². The van der Waals surface area contributed by atoms with Crippen LogP contribution in [0.4, 0.5) is 16.3 Å². The van der Waals surface area contributed by atoms with Gasteiger partial charge in [-0.05, 0) is 54.8 Å². The number of rotatable bonds is 3. The van der Waals surface area contributed by atoms with Crippen LogP contribution >= 0.6 is 11.6 Å². The van der Waals surface area contributed by atoms with Gasteiger partial charge in [-0.25, -0.2) is 14.8 Å². The number of amides is 3. The van der Waals surface area contributed by atoms with Gasteiger partial charge in [0.2, 0.25) is 5.91 Å². The lowest BCUT2D eigenvalue weighted by Crippen LogP contribution is -2.64. The van der Waals surface area contributed by atoms with Crippen LogP contribution in [0.25, 0.3) is 10.9 Å². The summed E-state index contributed by atoms with van der Waals surface area (Å²) in [6, 6.07) is 12.5. The molecule has 3 amide bonds. The van der Waals surface area contributed by atoms with Gasteiger partial charge >= 0.3 is 6.03 Å². The lowest BCUT2D eigenvalue weighted by Gasteiger charge is -2.49. The van der Waals surface area contributed by atoms with Crippen molar-refractivity contribution in [3.63, 3.8) is 0 Å². The lowest BCUT2D eigenvalue weighted by atomic mass is 9.86. The number of hydrogen-bond acceptors (Lipinski definition) is 5. The Bertz CT molecular complexity index is 1200. The number of nitrogens with one attached hydrogen (secondary N) is 1. The van der Waals surface area contributed by atoms with Crippen LogP contribution < -0.4 is 11.1 Å². The molecule has 2 aromatic carbocycles. The molecule has 1 saturated heterocycles. The molecule has 2 atom stereocenters. The molecule has 3 N–H and O–H groups in total. The van der Waals surface area contributed by atoms with Crippen molar-refractivity contribution in [2.45, 2.75) is 44.3 Å². The highest BCUT2D eigenvalue weighted by molar-refractivity contribution is 6.30. The molecule has 33 heavy (non-hydrogen) atoms. The summed E-state index contributed by atoms with van der Waals surface area (Å²) < 4.78 is 0. The number of carbonyl (C=O) groups excluding carboxylic acids is 2. The first kappa shape index (κ1) is 21.5. The monoisotopic (exact) mass is 464 g/mol. The highest BCUT2D eigenvalue weighted by Gasteiger charge is 2.43. The van der Waals surface area contributed by atoms with Crippen molar-refractivity contribution in [1.82, 2.24) is 19.8 Å². The van der Waals surface area contributed by atoms with Gasteiger partial charge in [-0.15, -0.1) is 0 Å². The van der Waals surface area contributed by atoms with E-state index >= 15 is 0 Å². The number of nitrogen functional groups attached to an aromatic ring is 1. The molecular weight excluding hydrogens is 440 g/mol. The standard InChI is InChI=1S/C24H25ClN6O2/c25-16-6-8-17(9-7-16)29-24(33)31-13-22(32)30(20-3-1-2-4-21(20)31)12-15-5-10-18-19(11-15)27-14-28-23(18)26/h5-11,14,20-21H,1-4,12-13H2,(H,29,33)(H2,26,27,28). The Hall–Kier alpha value is -3.39. The minimum absolute atomic E-state index is 0.0119. The van der Waals surface area contributed by atoms with Gasteiger partial charge in [0.15, 0.2) is 0 Å². The number of piperazine rings is 1. The van der Waals surface area contributed by atoms with E-state index in [0.717, 1.165) is 42.1 Å². The van der Waals surface area contributed by atoms with Crippen molar-refractivity contribution in [2.75, 3.05) is 17.6 Å². The van der Waals surface area contributed by atoms with Crippen LogP contribution in [0.2, 0.25) is 5.02 Å². The third kappa shape index (κ3) is 4.30. The fourth-order valence-electron chi connectivity index (χ4n) is 4.93. The third-order valence-corrected chi connectivity index (χ3v) is 6.81. The second-order valence-corrected chi connectivity index (χ2v) is 9.05. The highest BCUT2D eigenvalue weighted by Crippen LogP contribution is 2.33. The van der Waals surface area contributed by atoms with Gasteiger partial charge in [-0.1, -0.05) is 30.5 Å². The Morgan fingerprint density at radius 1 is 1.09 bits per heavy atom. The summed E-state index contributed by atoms with van der Waals surface area (Å²) in [6.07, 6.45) is 5.29. The first-order chi connectivity index (χ1) is 16.0. The zero-order valence-corrected chi connectivity index (χ0v) is 18.8. The van der Waals surface area contributed by atoms with Gasteiger partial charge in [0.25, 0.3) is 0 Å². The number of anilines is 2. The molecule has 2 heterocycles. The summed E-state index contributed by atoms with van der Waals surface area (Å²) in [5.74, 6) is 0.391. The van der Waals surface area contributed by atoms with Crippen LogP contribution in [0.5, 0.6) is 0 Å². The van der Waals surface area contributed by atoms with Gasteiger partial charge in [0.05, 0.1) is 17.6 Å². The zero-order valence-electron chi connectivity index (χ0n) is 18.1. The summed E-state index contributed by atoms with van der Waals surface area (Å²) in [4.78, 5) is 38.3. The molecule has 1 aliphatic carbocycles. The number of hydrogen-bond donors (Lipinski definition) is 2. The number of urea groups is 1. The predicted octanol–water partition coefficient (Wildman–Crippen LogP) is 4.05. The summed E-state index contributed by atoms with van der Waals surface area (Å²) >= 11 is 5.94. The Morgan fingerprint density at radius 3 is 2.64 bits per heavy atom. The van der Waals surface area contributed by atoms with E-state index < -0.39 is 0 Å². The number of nitrogens with zero attached hydrogens (tertiary/aromatic N) is 4. The number of carbonyl (C=O) groups is 2. The van der Waals surface area contributed by atoms with Gasteiger partial charge in [-0.2, -0.15) is 0 Å². The third-order valence-electron chi connectivity index (χ3n) is 6.56. The zero-order chi connectivity index (χ0) is 22.9. The van der Waals surface area contributed by atoms with Crippen molar-refractivity contribution < 1.29 is 9.59 Å². The minimum atomic E-state index is -0.250. The summed E-state index contributed by atoms with van der Waals surface area (Å²) in [5.41, 5.74) is 8.34. The van der Waals surface area contributed by atoms with Crippen molar-refractivity contribution >= 4 is 45.9 Å². The van der Waals surface area contributed by atoms with E-state index in [1.165, 1.54) is 6.33 Å². The Balaban J connectivity index is 1.36. The van der Waals surface area contributed by atoms with E-state index in [0.29, 0.717) is 23.1 Å². The number of fused-ring (bicyclic) bond motifs is 2. The first-order valence-electron chi connectivity index (χ1n) is 11.1. The molecule has 2 aliphatic rings. The molecule has 8 nitrogen and oxygen atoms in total. The van der Waals surface area contributed by atoms with Crippen LogP contribution in [-0.2, 0) is 11.3 Å². The molecule has 2 unspecified atom stereocenters. The molecule has 1 aromatic heterocycles. The normalized spacial score (nSPS) is 20.6. The number of benzene rings is 2. The van der Waals surface area contributed by atoms with E-state index in [-0.39, 0.29) is 30.6 Å². The second-order valence-electron chi connectivity index (χ2n) is 8.62. The number of aromatic nitrogens is 2. The fraction of sp³-hybridized carbons (Fsp3) is 0.333. The van der Waals surface area contributed by atoms with Crippen molar-refractivity contribution in [3.05, 3.63) is 59.4 Å². The quantitative estimate of drug-likeness (QED) is 0.608. The topological polar surface area (TPSA) is 104 Å². The van der Waals surface area contributed by atoms with Gasteiger partial charge < -0.3 is 20.9 Å². The summed E-state index contributed by atoms with van der Waals surface area (Å²) in [7, 11) is 0. The maximum Gasteiger partial charge on any atom is 0.322 e. The van der Waals surface area contributed by atoms with Crippen LogP contribution in [0.1, 0.15) is 31.2 Å². The smallest absolute Gasteiger partial charge is 0.322 e. The molecule has 1 aliphatic heterocycles. The predicted molar refractivity (Wildman–Crippen MR) is 128 cm³/mol. The number of nitrogens with two attached hydrogens (primary N) is 1. The van der Waals surface area contributed by atoms with E-state index in [1.807, 2.05) is 23.1 Å². The van der Waals surface area contributed by atoms with Crippen molar-refractivity contribution in [3.8, 4) is 0 Å². The van der Waals surface area contributed by atoms with Crippen LogP contribution in [0.15, 0.2) is 48.8 Å². The Morgan fingerprint density at radius 2 is 1.85 bits per heavy atom. The molecule has 9 heteroatoms. The van der Waals surface area contributed by atoms with E-state index in [1.54, 1.807) is 29.2 Å². The highest BCUT2D eigenvalue weighted by atomic mass is 35.5. The SMILES string of the molecule is Nc1ncnc2cc(CN3C(=O)CN(C(=O)Nc4ccc(Cl)cc4)C4CCCCC43)ccc12. The van der Waals surface area contributed by atoms with E-state index in [4.69, 9.17) is 17.3 Å². The first-order valence-corrected chi connectivity index (χ1v) is 11.5. The van der Waals surface area contributed by atoms with E-state index in [9.17, 15) is 9.59 Å². The molecule has 0 bridgehead atoms. The minimum Gasteiger partial charge on any atom is -0.383 e. The largest absolute Gasteiger partial charge is 0.383 e. The van der Waals surface area contributed by atoms with Crippen LogP contribution in [0.3, 0.4) is 0 Å². The summed E-state index contributed by atoms with van der Waals surface area (Å²) in [5, 5.41) is 4.32. The lowest BCUT2D eigenvalue weighted by molar-refractivity contribution is -0.143. The second kappa shape index (κ2) is 8.86. The molecule has 0 radical (unpaired) electrons. The molecule has 2 fully saturated rings. The molecule has 3 aromatic rings. The Kier molecular flexibility index (Phi) is 5.76. The molecule has 1 saturated carbocycles. The Labute approximate surface area is 196 Å². The maximum absolute atomic E-state index is 13.2. The fourth-order valence-corrected chi connectivity index (χ4v) is 5.06. The van der Waals surface area contributed by atoms with Gasteiger partial charge in [0, 0.05) is 22.6 Å². The van der Waals surface area contributed by atoms with E-state index in [2.05, 4.69) is 15.3 Å². The van der Waals surface area contributed by atoms with Gasteiger partial charge in [0.1, 0.15) is 18.7 Å². The van der Waals surface area contributed by atoms with Crippen molar-refractivity contribution in [2.24, 2.45) is 0 Å². The molecular formula is C24H25ClN6O2. The maximum atomic E-state index is 13.2. The molecule has 5 rings (SSSR count). The molecule has 170 valence electrons. The van der Waals surface area contributed by atoms with Crippen LogP contribution in [-0.4, -0.2) is 50.3 Å². The average Bonchev–Trinajstić information content (AvgIpc) is 2.82. The molecule has 0 spiro atoms. The average molecular weight is 465 g/mol. The number of halogens is 1. The van der Waals surface area contributed by atoms with Gasteiger partial charge in [-0.3, -0.25) is 4.79 Å². The summed E-state index contributed by atoms with van der Waals surface area (Å²) in [6.45, 7) is 0.537. The van der Waals surface area contributed by atoms with Crippen molar-refractivity contribution in [1.29, 1.82) is 0 Å².